The molecule has 0 unspecified atom stereocenters. The molecule has 0 bridgehead atoms. The van der Waals surface area contributed by atoms with Gasteiger partial charge in [0, 0.05) is 0 Å². The fourth-order valence-electron chi connectivity index (χ4n) is 0.752. The summed E-state index contributed by atoms with van der Waals surface area (Å²) in [6.07, 6.45) is 8.68. The van der Waals surface area contributed by atoms with Crippen LogP contribution in [-0.4, -0.2) is 19.2 Å². The summed E-state index contributed by atoms with van der Waals surface area (Å²) in [4.78, 5) is 11.1. The highest BCUT2D eigenvalue weighted by Gasteiger charge is 1.98. The predicted octanol–water partition coefficient (Wildman–Crippen LogP) is 2.60. The second-order valence-corrected chi connectivity index (χ2v) is 2.83. The monoisotopic (exact) mass is 210 g/mol. The number of esters is 1. The molecule has 3 nitrogen and oxygen atoms in total. The van der Waals surface area contributed by atoms with Crippen LogP contribution in [0.2, 0.25) is 0 Å². The van der Waals surface area contributed by atoms with Gasteiger partial charge in [-0.3, -0.25) is 0 Å². The van der Waals surface area contributed by atoms with Crippen molar-refractivity contribution in [3.8, 4) is 0 Å². The maximum atomic E-state index is 11.1. The summed E-state index contributed by atoms with van der Waals surface area (Å²) in [6.45, 7) is 6.28. The summed E-state index contributed by atoms with van der Waals surface area (Å²) in [5.41, 5.74) is 0. The molecule has 0 aromatic rings. The lowest BCUT2D eigenvalue weighted by Crippen LogP contribution is -2.02. The summed E-state index contributed by atoms with van der Waals surface area (Å²) in [6, 6.07) is 0. The third-order valence-electron chi connectivity index (χ3n) is 1.52. The molecule has 0 amide bonds. The van der Waals surface area contributed by atoms with E-state index in [0.717, 1.165) is 0 Å². The Morgan fingerprint density at radius 3 is 2.13 bits per heavy atom. The van der Waals surface area contributed by atoms with E-state index in [1.165, 1.54) is 6.08 Å². The van der Waals surface area contributed by atoms with Gasteiger partial charge in [-0.15, -0.1) is 0 Å². The van der Waals surface area contributed by atoms with E-state index in [1.807, 2.05) is 32.1 Å². The Bertz CT molecular complexity index is 262. The highest BCUT2D eigenvalue weighted by atomic mass is 16.5. The number of hydrogen-bond donors (Lipinski definition) is 0. The van der Waals surface area contributed by atoms with Crippen LogP contribution in [0.3, 0.4) is 0 Å². The molecule has 0 saturated carbocycles. The van der Waals surface area contributed by atoms with Gasteiger partial charge in [-0.1, -0.05) is 24.3 Å². The molecule has 0 aliphatic rings. The Hall–Kier alpha value is -1.51. The molecule has 3 heteroatoms. The minimum atomic E-state index is -0.383. The van der Waals surface area contributed by atoms with E-state index in [0.29, 0.717) is 19.0 Å². The van der Waals surface area contributed by atoms with Crippen LogP contribution in [0.1, 0.15) is 20.8 Å². The molecule has 84 valence electrons. The summed E-state index contributed by atoms with van der Waals surface area (Å²) in [5.74, 6) is 0.171. The normalized spacial score (nSPS) is 12.3. The van der Waals surface area contributed by atoms with Crippen LogP contribution < -0.4 is 0 Å². The first-order valence-electron chi connectivity index (χ1n) is 4.90. The van der Waals surface area contributed by atoms with Gasteiger partial charge in [-0.25, -0.2) is 4.79 Å². The summed E-state index contributed by atoms with van der Waals surface area (Å²) in [5, 5.41) is 0. The van der Waals surface area contributed by atoms with E-state index in [1.54, 1.807) is 13.0 Å². The number of rotatable bonds is 6. The van der Waals surface area contributed by atoms with Gasteiger partial charge >= 0.3 is 5.97 Å². The average Bonchev–Trinajstić information content (AvgIpc) is 2.18. The summed E-state index contributed by atoms with van der Waals surface area (Å²) >= 11 is 0. The molecule has 0 N–H and O–H groups in total. The topological polar surface area (TPSA) is 35.5 Å². The molecule has 0 rings (SSSR count). The van der Waals surface area contributed by atoms with Crippen molar-refractivity contribution in [3.05, 3.63) is 36.1 Å². The summed E-state index contributed by atoms with van der Waals surface area (Å²) < 4.78 is 10.1. The zero-order valence-electron chi connectivity index (χ0n) is 9.53. The molecule has 0 aromatic heterocycles. The van der Waals surface area contributed by atoms with Crippen molar-refractivity contribution < 1.29 is 14.3 Å². The standard InChI is InChI=1S/C12H18O3/c1-4-6-8-14-11(3)10-12(13)15-9-7-5-2/h4-7,10H,8-9H2,1-3H3/b6-4+,7-5+,11-10+. The molecule has 0 heterocycles. The maximum Gasteiger partial charge on any atom is 0.334 e. The molecule has 0 aromatic carbocycles. The molecule has 0 fully saturated rings. The van der Waals surface area contributed by atoms with Gasteiger partial charge in [0.1, 0.15) is 19.0 Å². The fourth-order valence-corrected chi connectivity index (χ4v) is 0.752. The van der Waals surface area contributed by atoms with E-state index >= 15 is 0 Å². The lowest BCUT2D eigenvalue weighted by atomic mass is 10.4. The van der Waals surface area contributed by atoms with E-state index in [-0.39, 0.29) is 5.97 Å². The van der Waals surface area contributed by atoms with Crippen molar-refractivity contribution in [2.75, 3.05) is 13.2 Å². The van der Waals surface area contributed by atoms with Crippen molar-refractivity contribution in [1.29, 1.82) is 0 Å². The second-order valence-electron chi connectivity index (χ2n) is 2.83. The summed E-state index contributed by atoms with van der Waals surface area (Å²) in [7, 11) is 0. The molecular weight excluding hydrogens is 192 g/mol. The quantitative estimate of drug-likeness (QED) is 0.292. The first-order chi connectivity index (χ1) is 7.20. The largest absolute Gasteiger partial charge is 0.494 e. The van der Waals surface area contributed by atoms with Crippen molar-refractivity contribution in [2.45, 2.75) is 20.8 Å². The lowest BCUT2D eigenvalue weighted by molar-refractivity contribution is -0.136. The maximum absolute atomic E-state index is 11.1. The molecule has 0 atom stereocenters. The van der Waals surface area contributed by atoms with Crippen molar-refractivity contribution >= 4 is 5.97 Å². The number of ether oxygens (including phenoxy) is 2. The first-order valence-corrected chi connectivity index (χ1v) is 4.90. The molecule has 0 radical (unpaired) electrons. The Kier molecular flexibility index (Phi) is 8.15. The minimum absolute atomic E-state index is 0.300. The third kappa shape index (κ3) is 8.81. The van der Waals surface area contributed by atoms with Gasteiger partial charge in [-0.2, -0.15) is 0 Å². The number of hydrogen-bond acceptors (Lipinski definition) is 3. The predicted molar refractivity (Wildman–Crippen MR) is 60.3 cm³/mol. The van der Waals surface area contributed by atoms with Gasteiger partial charge in [0.05, 0.1) is 6.08 Å². The molecule has 0 aliphatic carbocycles. The Labute approximate surface area is 91.1 Å². The highest BCUT2D eigenvalue weighted by Crippen LogP contribution is 1.96. The smallest absolute Gasteiger partial charge is 0.334 e. The Morgan fingerprint density at radius 1 is 1.07 bits per heavy atom. The van der Waals surface area contributed by atoms with Gasteiger partial charge in [0.2, 0.25) is 0 Å². The molecular formula is C12H18O3. The van der Waals surface area contributed by atoms with Crippen LogP contribution in [0, 0.1) is 0 Å². The van der Waals surface area contributed by atoms with Gasteiger partial charge in [-0.05, 0) is 20.8 Å². The Balaban J connectivity index is 3.84. The van der Waals surface area contributed by atoms with Crippen molar-refractivity contribution in [3.63, 3.8) is 0 Å². The van der Waals surface area contributed by atoms with Crippen LogP contribution >= 0.6 is 0 Å². The van der Waals surface area contributed by atoms with Crippen LogP contribution in [-0.2, 0) is 14.3 Å². The van der Waals surface area contributed by atoms with Gasteiger partial charge < -0.3 is 9.47 Å². The molecule has 15 heavy (non-hydrogen) atoms. The minimum Gasteiger partial charge on any atom is -0.494 e. The molecule has 0 aliphatic heterocycles. The van der Waals surface area contributed by atoms with E-state index in [9.17, 15) is 4.79 Å². The average molecular weight is 210 g/mol. The highest BCUT2D eigenvalue weighted by molar-refractivity contribution is 5.82. The fraction of sp³-hybridized carbons (Fsp3) is 0.417. The second kappa shape index (κ2) is 9.06. The Morgan fingerprint density at radius 2 is 1.60 bits per heavy atom. The van der Waals surface area contributed by atoms with E-state index in [2.05, 4.69) is 0 Å². The SMILES string of the molecule is C/C=C/COC(=O)/C=C(\C)OC/C=C/C. The zero-order chi connectivity index (χ0) is 11.5. The van der Waals surface area contributed by atoms with Crippen molar-refractivity contribution in [2.24, 2.45) is 0 Å². The van der Waals surface area contributed by atoms with Crippen LogP contribution in [0.5, 0.6) is 0 Å². The number of carbonyl (C=O) groups excluding carboxylic acids is 1. The van der Waals surface area contributed by atoms with Crippen LogP contribution in [0.25, 0.3) is 0 Å². The zero-order valence-corrected chi connectivity index (χ0v) is 9.53. The number of carbonyl (C=O) groups is 1. The van der Waals surface area contributed by atoms with Gasteiger partial charge in [0.25, 0.3) is 0 Å². The van der Waals surface area contributed by atoms with Crippen molar-refractivity contribution in [1.82, 2.24) is 0 Å². The lowest BCUT2D eigenvalue weighted by Gasteiger charge is -2.02. The van der Waals surface area contributed by atoms with E-state index in [4.69, 9.17) is 9.47 Å². The number of allylic oxidation sites excluding steroid dienone is 3. The van der Waals surface area contributed by atoms with Crippen LogP contribution in [0.4, 0.5) is 0 Å². The first kappa shape index (κ1) is 13.5. The molecule has 0 saturated heterocycles. The van der Waals surface area contributed by atoms with Crippen LogP contribution in [0.15, 0.2) is 36.1 Å². The van der Waals surface area contributed by atoms with Gasteiger partial charge in [0.15, 0.2) is 0 Å². The van der Waals surface area contributed by atoms with E-state index < -0.39 is 0 Å². The molecule has 0 spiro atoms. The third-order valence-corrected chi connectivity index (χ3v) is 1.52.